The number of hydrogen-bond donors (Lipinski definition) is 3. The third-order valence-corrected chi connectivity index (χ3v) is 17.1. The van der Waals surface area contributed by atoms with E-state index in [1.54, 1.807) is 16.1 Å². The smallest absolute Gasteiger partial charge is 0.410 e. The molecule has 12 atom stereocenters. The minimum Gasteiger partial charge on any atom is -0.444 e. The molecule has 22 heteroatoms. The lowest BCUT2D eigenvalue weighted by molar-refractivity contribution is 0.0261. The van der Waals surface area contributed by atoms with Gasteiger partial charge in [0.2, 0.25) is 0 Å². The number of aliphatic hydroxyl groups excluding tert-OH is 1. The first-order valence-electron chi connectivity index (χ1n) is 28.7. The van der Waals surface area contributed by atoms with E-state index in [0.717, 1.165) is 88.1 Å². The second-order valence-corrected chi connectivity index (χ2v) is 29.4. The maximum atomic E-state index is 12.3. The fourth-order valence-electron chi connectivity index (χ4n) is 13.2. The molecule has 21 nitrogen and oxygen atoms in total. The van der Waals surface area contributed by atoms with Gasteiger partial charge in [-0.25, -0.2) is 29.1 Å². The van der Waals surface area contributed by atoms with Crippen molar-refractivity contribution >= 4 is 51.3 Å². The highest BCUT2D eigenvalue weighted by Gasteiger charge is 2.48. The van der Waals surface area contributed by atoms with Crippen molar-refractivity contribution in [3.8, 4) is 0 Å². The first kappa shape index (κ1) is 61.9. The molecule has 8 aliphatic rings. The molecule has 4 amide bonds. The molecule has 6 heterocycles. The van der Waals surface area contributed by atoms with Crippen LogP contribution in [0.3, 0.4) is 0 Å². The first-order valence-corrected chi connectivity index (χ1v) is 30.6. The number of anilines is 1. The van der Waals surface area contributed by atoms with Crippen molar-refractivity contribution in [3.05, 3.63) is 18.6 Å². The lowest BCUT2D eigenvalue weighted by Gasteiger charge is -2.28. The fourth-order valence-corrected chi connectivity index (χ4v) is 13.8. The van der Waals surface area contributed by atoms with E-state index >= 15 is 0 Å². The van der Waals surface area contributed by atoms with E-state index in [0.29, 0.717) is 85.4 Å². The van der Waals surface area contributed by atoms with Gasteiger partial charge in [0, 0.05) is 77.7 Å². The molecule has 4 aliphatic heterocycles. The van der Waals surface area contributed by atoms with E-state index in [2.05, 4.69) is 32.2 Å². The SMILES string of the molecule is CC(C)(C)OC(=O)N1C[C@H]2CC(O)C[C@H]2C1.CC(C)(C)OC(=O)N1C[C@H]2CC(OS(C)(=O)=O)C[C@H]2C1.CN(c1ncnc2[nH]ccc12)C1C[C@@H]2CN(C(=O)OC(C)(C)C)C[C@@H]2C1.CNC1C[C@@H]2CN(C(=O)OC(C)(C)C)C[C@@H]2C1. The molecule has 0 bridgehead atoms. The molecule has 3 N–H and O–H groups in total. The lowest BCUT2D eigenvalue weighted by atomic mass is 10.0. The van der Waals surface area contributed by atoms with Crippen molar-refractivity contribution in [2.24, 2.45) is 47.3 Å². The number of hydrogen-bond acceptors (Lipinski definition) is 16. The quantitative estimate of drug-likeness (QED) is 0.189. The molecule has 79 heavy (non-hydrogen) atoms. The third kappa shape index (κ3) is 17.4. The van der Waals surface area contributed by atoms with E-state index in [1.165, 1.54) is 12.8 Å². The van der Waals surface area contributed by atoms with Crippen molar-refractivity contribution < 1.29 is 55.8 Å². The average molecular weight is 1130 g/mol. The van der Waals surface area contributed by atoms with Crippen LogP contribution in [0.5, 0.6) is 0 Å². The van der Waals surface area contributed by atoms with Crippen LogP contribution in [0.15, 0.2) is 18.6 Å². The molecule has 4 saturated heterocycles. The van der Waals surface area contributed by atoms with Gasteiger partial charge in [-0.2, -0.15) is 8.42 Å². The number of carbonyl (C=O) groups is 4. The summed E-state index contributed by atoms with van der Waals surface area (Å²) in [6.45, 7) is 28.8. The van der Waals surface area contributed by atoms with Gasteiger partial charge in [0.05, 0.1) is 23.8 Å². The van der Waals surface area contributed by atoms with Crippen LogP contribution in [0.4, 0.5) is 25.0 Å². The van der Waals surface area contributed by atoms with E-state index in [-0.39, 0.29) is 42.2 Å². The standard InChI is InChI=1S/C19H27N5O2.C13H24N2O2.C13H23NO5S.C12H21NO3/c1-19(2,3)26-18(25)24-9-12-7-14(8-13(12)10-24)23(4)17-15-5-6-20-16(15)21-11-22-17;1-13(2,3)17-12(16)15-7-9-5-11(14-4)6-10(9)8-15;1-13(2,3)18-12(15)14-7-9-5-11(6-10(9)8-14)19-20(4,16)17;1-12(2,3)16-11(15)13-6-8-4-10(14)5-9(8)7-13/h5-6,11-14H,7-10H2,1-4H3,(H,20,21,22);9-11,14H,5-8H2,1-4H3;9-11H,5-8H2,1-4H3;8-10,14H,4-7H2,1-3H3/t12-,13+,14?;2*9-,10+,11?;8-,9+,10?. The van der Waals surface area contributed by atoms with Crippen LogP contribution in [0.2, 0.25) is 0 Å². The molecule has 0 radical (unpaired) electrons. The normalized spacial score (nSPS) is 30.0. The maximum absolute atomic E-state index is 12.3. The zero-order chi connectivity index (χ0) is 58.2. The number of nitrogens with zero attached hydrogens (tertiary/aromatic N) is 7. The molecule has 10 rings (SSSR count). The van der Waals surface area contributed by atoms with Gasteiger partial charge < -0.3 is 58.9 Å². The van der Waals surface area contributed by atoms with E-state index in [1.807, 2.05) is 112 Å². The molecular weight excluding hydrogens is 1030 g/mol. The first-order chi connectivity index (χ1) is 36.6. The zero-order valence-corrected chi connectivity index (χ0v) is 50.8. The Kier molecular flexibility index (Phi) is 19.1. The Hall–Kier alpha value is -4.67. The Balaban J connectivity index is 0.000000155. The minimum absolute atomic E-state index is 0.145. The number of fused-ring (bicyclic) bond motifs is 5. The Bertz CT molecular complexity index is 2480. The Morgan fingerprint density at radius 1 is 0.582 bits per heavy atom. The topological polar surface area (TPSA) is 239 Å². The number of ether oxygens (including phenoxy) is 4. The van der Waals surface area contributed by atoms with Crippen LogP contribution in [-0.2, 0) is 33.2 Å². The Morgan fingerprint density at radius 2 is 0.924 bits per heavy atom. The summed E-state index contributed by atoms with van der Waals surface area (Å²) >= 11 is 0. The highest BCUT2D eigenvalue weighted by Crippen LogP contribution is 2.44. The van der Waals surface area contributed by atoms with Crippen LogP contribution in [-0.4, -0.2) is 192 Å². The number of carbonyl (C=O) groups excluding carboxylic acids is 4. The number of rotatable bonds is 5. The van der Waals surface area contributed by atoms with Crippen LogP contribution < -0.4 is 10.2 Å². The average Bonchev–Trinajstić information content (AvgIpc) is 4.21. The summed E-state index contributed by atoms with van der Waals surface area (Å²) in [5.74, 6) is 4.97. The lowest BCUT2D eigenvalue weighted by Crippen LogP contribution is -2.37. The summed E-state index contributed by atoms with van der Waals surface area (Å²) < 4.78 is 48.9. The minimum atomic E-state index is -3.40. The molecule has 2 aromatic rings. The number of amides is 4. The monoisotopic (exact) mass is 1130 g/mol. The second kappa shape index (κ2) is 24.4. The molecule has 0 aromatic carbocycles. The van der Waals surface area contributed by atoms with Crippen molar-refractivity contribution in [3.63, 3.8) is 0 Å². The summed E-state index contributed by atoms with van der Waals surface area (Å²) in [5.41, 5.74) is -0.865. The zero-order valence-electron chi connectivity index (χ0n) is 50.0. The van der Waals surface area contributed by atoms with Crippen LogP contribution >= 0.6 is 0 Å². The Labute approximate surface area is 470 Å². The largest absolute Gasteiger partial charge is 0.444 e. The van der Waals surface area contributed by atoms with Gasteiger partial charge in [0.15, 0.2) is 0 Å². The van der Waals surface area contributed by atoms with Crippen molar-refractivity contribution in [2.75, 3.05) is 77.6 Å². The predicted octanol–water partition coefficient (Wildman–Crippen LogP) is 8.12. The molecule has 446 valence electrons. The van der Waals surface area contributed by atoms with Crippen molar-refractivity contribution in [1.29, 1.82) is 0 Å². The number of H-pyrrole nitrogens is 1. The van der Waals surface area contributed by atoms with E-state index in [4.69, 9.17) is 23.1 Å². The van der Waals surface area contributed by atoms with Gasteiger partial charge in [0.1, 0.15) is 40.2 Å². The number of nitrogens with one attached hydrogen (secondary N) is 2. The van der Waals surface area contributed by atoms with Gasteiger partial charge in [-0.05, 0) is 195 Å². The predicted molar refractivity (Wildman–Crippen MR) is 301 cm³/mol. The van der Waals surface area contributed by atoms with Gasteiger partial charge >= 0.3 is 24.4 Å². The van der Waals surface area contributed by atoms with Crippen molar-refractivity contribution in [2.45, 2.75) is 181 Å². The molecule has 4 saturated carbocycles. The molecule has 0 spiro atoms. The van der Waals surface area contributed by atoms with Crippen LogP contribution in [0.1, 0.15) is 134 Å². The second-order valence-electron chi connectivity index (χ2n) is 27.8. The highest BCUT2D eigenvalue weighted by atomic mass is 32.2. The van der Waals surface area contributed by atoms with Gasteiger partial charge in [-0.3, -0.25) is 4.18 Å². The number of aromatic amines is 1. The summed E-state index contributed by atoms with van der Waals surface area (Å²) in [6.07, 6.45) is 11.0. The molecule has 2 aromatic heterocycles. The van der Waals surface area contributed by atoms with Crippen molar-refractivity contribution in [1.82, 2.24) is 39.9 Å². The summed E-state index contributed by atoms with van der Waals surface area (Å²) in [7, 11) is 0.745. The third-order valence-electron chi connectivity index (χ3n) is 16.5. The summed E-state index contributed by atoms with van der Waals surface area (Å²) in [4.78, 5) is 69.5. The summed E-state index contributed by atoms with van der Waals surface area (Å²) in [6, 6.07) is 3.12. The molecular formula is C57H95N9O12S. The van der Waals surface area contributed by atoms with Gasteiger partial charge in [-0.1, -0.05) is 0 Å². The van der Waals surface area contributed by atoms with Gasteiger partial charge in [0.25, 0.3) is 10.1 Å². The number of aromatic nitrogens is 3. The Morgan fingerprint density at radius 3 is 1.27 bits per heavy atom. The maximum Gasteiger partial charge on any atom is 0.410 e. The molecule has 4 aliphatic carbocycles. The fraction of sp³-hybridized carbons (Fsp3) is 0.825. The van der Waals surface area contributed by atoms with Gasteiger partial charge in [-0.15, -0.1) is 0 Å². The molecule has 4 unspecified atom stereocenters. The van der Waals surface area contributed by atoms with Crippen LogP contribution in [0, 0.1) is 47.3 Å². The van der Waals surface area contributed by atoms with E-state index in [9.17, 15) is 32.7 Å². The number of likely N-dealkylation sites (tertiary alicyclic amines) is 4. The molecule has 8 fully saturated rings. The van der Waals surface area contributed by atoms with E-state index < -0.39 is 26.9 Å². The van der Waals surface area contributed by atoms with Crippen LogP contribution in [0.25, 0.3) is 11.0 Å². The highest BCUT2D eigenvalue weighted by molar-refractivity contribution is 7.86. The summed E-state index contributed by atoms with van der Waals surface area (Å²) in [5, 5.41) is 13.9. The number of aliphatic hydroxyl groups is 1.